The third kappa shape index (κ3) is 2.44. The van der Waals surface area contributed by atoms with Crippen LogP contribution in [0.5, 0.6) is 5.75 Å². The first-order chi connectivity index (χ1) is 11.1. The van der Waals surface area contributed by atoms with Gasteiger partial charge in [0, 0.05) is 17.0 Å². The molecule has 1 saturated heterocycles. The minimum Gasteiger partial charge on any atom is -0.492 e. The van der Waals surface area contributed by atoms with Crippen LogP contribution in [-0.4, -0.2) is 19.8 Å². The van der Waals surface area contributed by atoms with Crippen molar-refractivity contribution >= 4 is 0 Å². The monoisotopic (exact) mass is 310 g/mol. The van der Waals surface area contributed by atoms with Crippen LogP contribution in [0, 0.1) is 20.8 Å². The second-order valence-electron chi connectivity index (χ2n) is 6.48. The maximum Gasteiger partial charge on any atom is 0.184 e. The molecule has 3 nitrogen and oxygen atoms in total. The Balaban J connectivity index is 1.67. The summed E-state index contributed by atoms with van der Waals surface area (Å²) < 4.78 is 17.2. The summed E-state index contributed by atoms with van der Waals surface area (Å²) in [5.41, 5.74) is 7.59. The first-order valence-electron chi connectivity index (χ1n) is 8.21. The van der Waals surface area contributed by atoms with Gasteiger partial charge in [-0.1, -0.05) is 30.3 Å². The van der Waals surface area contributed by atoms with Crippen LogP contribution in [0.25, 0.3) is 0 Å². The van der Waals surface area contributed by atoms with Crippen molar-refractivity contribution in [3.63, 3.8) is 0 Å². The normalized spacial score (nSPS) is 20.6. The lowest BCUT2D eigenvalue weighted by Crippen LogP contribution is -2.05. The van der Waals surface area contributed by atoms with Gasteiger partial charge < -0.3 is 14.2 Å². The summed E-state index contributed by atoms with van der Waals surface area (Å²) in [6.07, 6.45) is -0.206. The van der Waals surface area contributed by atoms with Crippen LogP contribution in [-0.2, 0) is 9.47 Å². The maximum absolute atomic E-state index is 6.04. The molecule has 0 aliphatic carbocycles. The van der Waals surface area contributed by atoms with E-state index in [2.05, 4.69) is 51.1 Å². The number of aryl methyl sites for hydroxylation is 2. The molecule has 0 saturated carbocycles. The summed E-state index contributed by atoms with van der Waals surface area (Å²) in [5.74, 6) is 1.39. The molecular formula is C20H22O3. The van der Waals surface area contributed by atoms with Gasteiger partial charge in [0.15, 0.2) is 6.29 Å². The molecule has 0 bridgehead atoms. The SMILES string of the molecule is Cc1cc(C)c2c(c1C)OCC2c1ccc(C2OCCO2)cc1. The standard InChI is InChI=1S/C20H22O3/c1-12-10-13(2)18-17(11-23-19(18)14(12)3)15-4-6-16(7-5-15)20-21-8-9-22-20/h4-7,10,17,20H,8-9,11H2,1-3H3. The highest BCUT2D eigenvalue weighted by atomic mass is 16.7. The highest BCUT2D eigenvalue weighted by molar-refractivity contribution is 5.56. The van der Waals surface area contributed by atoms with Crippen LogP contribution in [0.3, 0.4) is 0 Å². The van der Waals surface area contributed by atoms with Gasteiger partial charge in [-0.25, -0.2) is 0 Å². The van der Waals surface area contributed by atoms with Crippen LogP contribution >= 0.6 is 0 Å². The van der Waals surface area contributed by atoms with Gasteiger partial charge >= 0.3 is 0 Å². The van der Waals surface area contributed by atoms with Gasteiger partial charge in [-0.3, -0.25) is 0 Å². The van der Waals surface area contributed by atoms with Gasteiger partial charge in [-0.15, -0.1) is 0 Å². The fourth-order valence-corrected chi connectivity index (χ4v) is 3.64. The summed E-state index contributed by atoms with van der Waals surface area (Å²) in [6.45, 7) is 8.55. The second-order valence-corrected chi connectivity index (χ2v) is 6.48. The topological polar surface area (TPSA) is 27.7 Å². The molecule has 2 heterocycles. The van der Waals surface area contributed by atoms with E-state index in [0.29, 0.717) is 19.1 Å². The Morgan fingerprint density at radius 3 is 2.22 bits per heavy atom. The number of hydrogen-bond donors (Lipinski definition) is 0. The van der Waals surface area contributed by atoms with Crippen LogP contribution < -0.4 is 4.74 Å². The summed E-state index contributed by atoms with van der Waals surface area (Å²) in [5, 5.41) is 0. The van der Waals surface area contributed by atoms with Crippen LogP contribution in [0.1, 0.15) is 45.6 Å². The molecule has 120 valence electrons. The van der Waals surface area contributed by atoms with Crippen LogP contribution in [0.15, 0.2) is 30.3 Å². The van der Waals surface area contributed by atoms with E-state index in [-0.39, 0.29) is 6.29 Å². The fourth-order valence-electron chi connectivity index (χ4n) is 3.64. The minimum atomic E-state index is -0.206. The number of rotatable bonds is 2. The molecule has 0 aromatic heterocycles. The quantitative estimate of drug-likeness (QED) is 0.833. The van der Waals surface area contributed by atoms with Crippen molar-refractivity contribution in [2.45, 2.75) is 33.0 Å². The molecule has 4 rings (SSSR count). The van der Waals surface area contributed by atoms with Gasteiger partial charge in [-0.2, -0.15) is 0 Å². The molecule has 0 amide bonds. The van der Waals surface area contributed by atoms with Crippen molar-refractivity contribution in [1.29, 1.82) is 0 Å². The van der Waals surface area contributed by atoms with E-state index in [0.717, 1.165) is 17.9 Å². The number of ether oxygens (including phenoxy) is 3. The molecule has 1 atom stereocenters. The zero-order valence-electron chi connectivity index (χ0n) is 13.9. The summed E-state index contributed by atoms with van der Waals surface area (Å²) in [7, 11) is 0. The van der Waals surface area contributed by atoms with Crippen molar-refractivity contribution < 1.29 is 14.2 Å². The van der Waals surface area contributed by atoms with Crippen LogP contribution in [0.4, 0.5) is 0 Å². The van der Waals surface area contributed by atoms with Gasteiger partial charge in [0.05, 0.1) is 19.8 Å². The average molecular weight is 310 g/mol. The zero-order chi connectivity index (χ0) is 16.0. The highest BCUT2D eigenvalue weighted by Crippen LogP contribution is 2.43. The molecule has 3 heteroatoms. The largest absolute Gasteiger partial charge is 0.492 e. The van der Waals surface area contributed by atoms with Crippen molar-refractivity contribution in [2.24, 2.45) is 0 Å². The van der Waals surface area contributed by atoms with E-state index >= 15 is 0 Å². The average Bonchev–Trinajstić information content (AvgIpc) is 3.22. The Bertz CT molecular complexity index is 728. The number of fused-ring (bicyclic) bond motifs is 1. The summed E-state index contributed by atoms with van der Waals surface area (Å²) >= 11 is 0. The molecule has 2 aromatic rings. The van der Waals surface area contributed by atoms with E-state index in [1.165, 1.54) is 27.8 Å². The summed E-state index contributed by atoms with van der Waals surface area (Å²) in [6, 6.07) is 10.8. The Kier molecular flexibility index (Phi) is 3.63. The Hall–Kier alpha value is -1.84. The Morgan fingerprint density at radius 1 is 0.870 bits per heavy atom. The molecule has 2 aliphatic heterocycles. The molecule has 1 unspecified atom stereocenters. The lowest BCUT2D eigenvalue weighted by molar-refractivity contribution is -0.0441. The molecule has 2 aliphatic rings. The Labute approximate surface area is 137 Å². The van der Waals surface area contributed by atoms with Gasteiger partial charge in [0.1, 0.15) is 5.75 Å². The fraction of sp³-hybridized carbons (Fsp3) is 0.400. The molecule has 1 fully saturated rings. The summed E-state index contributed by atoms with van der Waals surface area (Å²) in [4.78, 5) is 0. The first kappa shape index (κ1) is 14.7. The predicted octanol–water partition coefficient (Wildman–Crippen LogP) is 4.18. The van der Waals surface area contributed by atoms with Crippen molar-refractivity contribution in [2.75, 3.05) is 19.8 Å². The minimum absolute atomic E-state index is 0.206. The number of benzene rings is 2. The van der Waals surface area contributed by atoms with E-state index in [1.54, 1.807) is 0 Å². The third-order valence-electron chi connectivity index (χ3n) is 5.01. The highest BCUT2D eigenvalue weighted by Gasteiger charge is 2.30. The number of hydrogen-bond acceptors (Lipinski definition) is 3. The zero-order valence-corrected chi connectivity index (χ0v) is 13.9. The predicted molar refractivity (Wildman–Crippen MR) is 89.1 cm³/mol. The molecule has 0 radical (unpaired) electrons. The van der Waals surface area contributed by atoms with Crippen molar-refractivity contribution in [3.05, 3.63) is 63.7 Å². The van der Waals surface area contributed by atoms with Crippen molar-refractivity contribution in [3.8, 4) is 5.75 Å². The van der Waals surface area contributed by atoms with Crippen molar-refractivity contribution in [1.82, 2.24) is 0 Å². The van der Waals surface area contributed by atoms with E-state index in [4.69, 9.17) is 14.2 Å². The maximum atomic E-state index is 6.04. The van der Waals surface area contributed by atoms with E-state index in [9.17, 15) is 0 Å². The molecule has 0 N–H and O–H groups in total. The first-order valence-corrected chi connectivity index (χ1v) is 8.21. The van der Waals surface area contributed by atoms with E-state index < -0.39 is 0 Å². The molecular weight excluding hydrogens is 288 g/mol. The van der Waals surface area contributed by atoms with E-state index in [1.807, 2.05) is 0 Å². The van der Waals surface area contributed by atoms with Gasteiger partial charge in [0.2, 0.25) is 0 Å². The lowest BCUT2D eigenvalue weighted by atomic mass is 9.87. The molecule has 23 heavy (non-hydrogen) atoms. The Morgan fingerprint density at radius 2 is 1.52 bits per heavy atom. The third-order valence-corrected chi connectivity index (χ3v) is 5.01. The van der Waals surface area contributed by atoms with Crippen LogP contribution in [0.2, 0.25) is 0 Å². The lowest BCUT2D eigenvalue weighted by Gasteiger charge is -2.15. The molecule has 2 aromatic carbocycles. The van der Waals surface area contributed by atoms with Gasteiger partial charge in [-0.05, 0) is 43.0 Å². The van der Waals surface area contributed by atoms with Gasteiger partial charge in [0.25, 0.3) is 0 Å². The smallest absolute Gasteiger partial charge is 0.184 e. The molecule has 0 spiro atoms. The second kappa shape index (κ2) is 5.66.